The summed E-state index contributed by atoms with van der Waals surface area (Å²) in [6, 6.07) is 9.20. The lowest BCUT2D eigenvalue weighted by atomic mass is 10.1. The summed E-state index contributed by atoms with van der Waals surface area (Å²) >= 11 is 5.99. The molecule has 0 aliphatic carbocycles. The molecule has 0 fully saturated rings. The number of ether oxygens (including phenoxy) is 2. The monoisotopic (exact) mass is 348 g/mol. The second-order valence-corrected chi connectivity index (χ2v) is 6.66. The number of halogens is 1. The number of esters is 1. The van der Waals surface area contributed by atoms with Gasteiger partial charge in [0.25, 0.3) is 0 Å². The topological polar surface area (TPSA) is 61.3 Å². The van der Waals surface area contributed by atoms with Gasteiger partial charge >= 0.3 is 12.0 Å². The highest BCUT2D eigenvalue weighted by molar-refractivity contribution is 6.29. The van der Waals surface area contributed by atoms with Gasteiger partial charge in [0.2, 0.25) is 0 Å². The molecule has 0 spiro atoms. The van der Waals surface area contributed by atoms with Crippen LogP contribution in [0.2, 0.25) is 5.15 Å². The third-order valence-electron chi connectivity index (χ3n) is 2.97. The summed E-state index contributed by atoms with van der Waals surface area (Å²) in [7, 11) is 0. The van der Waals surface area contributed by atoms with Crippen LogP contribution in [-0.2, 0) is 11.2 Å². The lowest BCUT2D eigenvalue weighted by Gasteiger charge is -2.19. The van der Waals surface area contributed by atoms with Gasteiger partial charge in [-0.25, -0.2) is 4.79 Å². The van der Waals surface area contributed by atoms with E-state index in [4.69, 9.17) is 21.1 Å². The molecule has 1 heterocycles. The zero-order valence-corrected chi connectivity index (χ0v) is 15.1. The van der Waals surface area contributed by atoms with Gasteiger partial charge in [0.15, 0.2) is 0 Å². The van der Waals surface area contributed by atoms with Gasteiger partial charge in [-0.1, -0.05) is 23.7 Å². The molecule has 2 aromatic rings. The molecule has 0 saturated carbocycles. The second-order valence-electron chi connectivity index (χ2n) is 6.27. The fraction of sp³-hybridized carbons (Fsp3) is 0.389. The van der Waals surface area contributed by atoms with E-state index in [1.807, 2.05) is 39.8 Å². The Morgan fingerprint density at radius 2 is 1.83 bits per heavy atom. The molecule has 0 N–H and O–H groups in total. The van der Waals surface area contributed by atoms with Gasteiger partial charge in [-0.15, -0.1) is 0 Å². The molecular weight excluding hydrogens is 328 g/mol. The Balaban J connectivity index is 2.10. The third kappa shape index (κ3) is 5.49. The van der Waals surface area contributed by atoms with E-state index in [0.29, 0.717) is 23.7 Å². The number of carbonyl (C=O) groups excluding carboxylic acids is 1. The fourth-order valence-electron chi connectivity index (χ4n) is 2.03. The number of hydrogen-bond donors (Lipinski definition) is 0. The van der Waals surface area contributed by atoms with Crippen LogP contribution >= 0.6 is 11.6 Å². The van der Waals surface area contributed by atoms with Crippen molar-refractivity contribution in [1.82, 2.24) is 9.97 Å². The minimum Gasteiger partial charge on any atom is -0.464 e. The standard InChI is InChI=1S/C18H21ClN2O3/c1-5-23-17-20-14(11-15(19)21-17)10-12-6-8-13(9-7-12)16(22)24-18(2,3)4/h6-9,11H,5,10H2,1-4H3. The van der Waals surface area contributed by atoms with Gasteiger partial charge in [0, 0.05) is 6.42 Å². The Kier molecular flexibility index (Phi) is 5.78. The van der Waals surface area contributed by atoms with E-state index in [1.54, 1.807) is 18.2 Å². The molecule has 1 aromatic carbocycles. The van der Waals surface area contributed by atoms with E-state index < -0.39 is 5.60 Å². The molecule has 1 aromatic heterocycles. The highest BCUT2D eigenvalue weighted by Crippen LogP contribution is 2.17. The first kappa shape index (κ1) is 18.2. The smallest absolute Gasteiger partial charge is 0.338 e. The summed E-state index contributed by atoms with van der Waals surface area (Å²) in [6.07, 6.45) is 0.566. The number of benzene rings is 1. The maximum atomic E-state index is 12.0. The lowest BCUT2D eigenvalue weighted by Crippen LogP contribution is -2.23. The van der Waals surface area contributed by atoms with Crippen molar-refractivity contribution in [1.29, 1.82) is 0 Å². The zero-order valence-electron chi connectivity index (χ0n) is 14.3. The molecule has 2 rings (SSSR count). The van der Waals surface area contributed by atoms with E-state index in [1.165, 1.54) is 0 Å². The van der Waals surface area contributed by atoms with Gasteiger partial charge in [-0.3, -0.25) is 0 Å². The maximum absolute atomic E-state index is 12.0. The van der Waals surface area contributed by atoms with E-state index in [9.17, 15) is 4.79 Å². The highest BCUT2D eigenvalue weighted by atomic mass is 35.5. The first-order valence-electron chi connectivity index (χ1n) is 7.75. The number of aromatic nitrogens is 2. The largest absolute Gasteiger partial charge is 0.464 e. The van der Waals surface area contributed by atoms with E-state index in [-0.39, 0.29) is 12.0 Å². The predicted molar refractivity (Wildman–Crippen MR) is 92.6 cm³/mol. The van der Waals surface area contributed by atoms with Crippen LogP contribution in [0.4, 0.5) is 0 Å². The van der Waals surface area contributed by atoms with Crippen molar-refractivity contribution in [3.63, 3.8) is 0 Å². The summed E-state index contributed by atoms with van der Waals surface area (Å²) < 4.78 is 10.6. The second kappa shape index (κ2) is 7.62. The Morgan fingerprint density at radius 3 is 2.42 bits per heavy atom. The molecule has 6 heteroatoms. The van der Waals surface area contributed by atoms with Crippen LogP contribution in [-0.4, -0.2) is 28.1 Å². The molecule has 5 nitrogen and oxygen atoms in total. The van der Waals surface area contributed by atoms with Gasteiger partial charge in [0.05, 0.1) is 17.9 Å². The predicted octanol–water partition coefficient (Wildman–Crippen LogP) is 4.07. The minimum absolute atomic E-state index is 0.269. The number of carbonyl (C=O) groups is 1. The average molecular weight is 349 g/mol. The number of nitrogens with zero attached hydrogens (tertiary/aromatic N) is 2. The van der Waals surface area contributed by atoms with Gasteiger partial charge in [0.1, 0.15) is 10.8 Å². The molecular formula is C18H21ClN2O3. The Bertz CT molecular complexity index is 709. The van der Waals surface area contributed by atoms with Gasteiger partial charge in [-0.05, 0) is 51.5 Å². The van der Waals surface area contributed by atoms with Crippen LogP contribution < -0.4 is 4.74 Å². The molecule has 0 atom stereocenters. The van der Waals surface area contributed by atoms with Crippen molar-refractivity contribution >= 4 is 17.6 Å². The van der Waals surface area contributed by atoms with Gasteiger partial charge in [-0.2, -0.15) is 9.97 Å². The molecule has 0 unspecified atom stereocenters. The third-order valence-corrected chi connectivity index (χ3v) is 3.17. The molecule has 0 aliphatic heterocycles. The van der Waals surface area contributed by atoms with Crippen molar-refractivity contribution in [2.45, 2.75) is 39.7 Å². The first-order chi connectivity index (χ1) is 11.3. The van der Waals surface area contributed by atoms with Crippen LogP contribution in [0.1, 0.15) is 49.3 Å². The quantitative estimate of drug-likeness (QED) is 0.602. The van der Waals surface area contributed by atoms with Crippen LogP contribution in [0.5, 0.6) is 6.01 Å². The van der Waals surface area contributed by atoms with E-state index in [2.05, 4.69) is 9.97 Å². The first-order valence-corrected chi connectivity index (χ1v) is 8.13. The zero-order chi connectivity index (χ0) is 17.7. The summed E-state index contributed by atoms with van der Waals surface area (Å²) in [4.78, 5) is 20.3. The maximum Gasteiger partial charge on any atom is 0.338 e. The van der Waals surface area contributed by atoms with Crippen molar-refractivity contribution in [3.8, 4) is 6.01 Å². The normalized spacial score (nSPS) is 11.2. The van der Waals surface area contributed by atoms with E-state index in [0.717, 1.165) is 11.3 Å². The van der Waals surface area contributed by atoms with Crippen LogP contribution in [0, 0.1) is 0 Å². The lowest BCUT2D eigenvalue weighted by molar-refractivity contribution is 0.00695. The van der Waals surface area contributed by atoms with Crippen molar-refractivity contribution in [2.75, 3.05) is 6.61 Å². The average Bonchev–Trinajstić information content (AvgIpc) is 2.46. The Hall–Kier alpha value is -2.14. The van der Waals surface area contributed by atoms with Crippen LogP contribution in [0.3, 0.4) is 0 Å². The fourth-order valence-corrected chi connectivity index (χ4v) is 2.23. The summed E-state index contributed by atoms with van der Waals surface area (Å²) in [5, 5.41) is 0.342. The molecule has 0 bridgehead atoms. The van der Waals surface area contributed by atoms with Crippen molar-refractivity contribution in [3.05, 3.63) is 52.3 Å². The summed E-state index contributed by atoms with van der Waals surface area (Å²) in [6.45, 7) is 7.86. The van der Waals surface area contributed by atoms with Crippen molar-refractivity contribution in [2.24, 2.45) is 0 Å². The summed E-state index contributed by atoms with van der Waals surface area (Å²) in [5.41, 5.74) is 1.76. The molecule has 0 aliphatic rings. The van der Waals surface area contributed by atoms with Gasteiger partial charge < -0.3 is 9.47 Å². The van der Waals surface area contributed by atoms with Crippen LogP contribution in [0.25, 0.3) is 0 Å². The van der Waals surface area contributed by atoms with Crippen LogP contribution in [0.15, 0.2) is 30.3 Å². The van der Waals surface area contributed by atoms with Crippen molar-refractivity contribution < 1.29 is 14.3 Å². The summed E-state index contributed by atoms with van der Waals surface area (Å²) in [5.74, 6) is -0.335. The molecule has 128 valence electrons. The number of rotatable bonds is 5. The Labute approximate surface area is 147 Å². The molecule has 0 saturated heterocycles. The molecule has 24 heavy (non-hydrogen) atoms. The molecule has 0 radical (unpaired) electrons. The molecule has 0 amide bonds. The SMILES string of the molecule is CCOc1nc(Cl)cc(Cc2ccc(C(=O)OC(C)(C)C)cc2)n1. The van der Waals surface area contributed by atoms with E-state index >= 15 is 0 Å². The Morgan fingerprint density at radius 1 is 1.17 bits per heavy atom. The minimum atomic E-state index is -0.511. The number of hydrogen-bond acceptors (Lipinski definition) is 5. The highest BCUT2D eigenvalue weighted by Gasteiger charge is 2.17.